The number of rotatable bonds is 6. The normalized spacial score (nSPS) is 15.3. The van der Waals surface area contributed by atoms with Gasteiger partial charge in [-0.2, -0.15) is 5.10 Å². The molecule has 2 aromatic carbocycles. The summed E-state index contributed by atoms with van der Waals surface area (Å²) in [5.41, 5.74) is 3.27. The van der Waals surface area contributed by atoms with Crippen LogP contribution in [0.3, 0.4) is 0 Å². The Balaban J connectivity index is 1.81. The van der Waals surface area contributed by atoms with Crippen LogP contribution >= 0.6 is 35.6 Å². The molecule has 0 spiro atoms. The average Bonchev–Trinajstić information content (AvgIpc) is 3.31. The quantitative estimate of drug-likeness (QED) is 0.308. The van der Waals surface area contributed by atoms with E-state index in [2.05, 4.69) is 0 Å². The fraction of sp³-hybridized carbons (Fsp3) is 0.208. The highest BCUT2D eigenvalue weighted by molar-refractivity contribution is 8.26. The van der Waals surface area contributed by atoms with Gasteiger partial charge in [-0.05, 0) is 57.2 Å². The van der Waals surface area contributed by atoms with E-state index in [4.69, 9.17) is 33.7 Å². The molecule has 0 aliphatic carbocycles. The van der Waals surface area contributed by atoms with Crippen LogP contribution in [-0.2, 0) is 4.79 Å². The largest absolute Gasteiger partial charge is 0.492 e. The van der Waals surface area contributed by atoms with Crippen LogP contribution in [-0.4, -0.2) is 37.6 Å². The van der Waals surface area contributed by atoms with Gasteiger partial charge in [0.25, 0.3) is 5.91 Å². The number of carbonyl (C=O) groups excluding carboxylic acids is 1. The van der Waals surface area contributed by atoms with Gasteiger partial charge in [0.15, 0.2) is 0 Å². The molecule has 0 bridgehead atoms. The number of hydrogen-bond acceptors (Lipinski definition) is 5. The van der Waals surface area contributed by atoms with E-state index in [0.29, 0.717) is 32.3 Å². The molecule has 1 fully saturated rings. The predicted molar refractivity (Wildman–Crippen MR) is 135 cm³/mol. The van der Waals surface area contributed by atoms with Crippen molar-refractivity contribution in [2.24, 2.45) is 0 Å². The second-order valence-corrected chi connectivity index (χ2v) is 9.52. The summed E-state index contributed by atoms with van der Waals surface area (Å²) in [6.45, 7) is 6.35. The highest BCUT2D eigenvalue weighted by Crippen LogP contribution is 2.37. The molecule has 5 nitrogen and oxygen atoms in total. The molecule has 0 N–H and O–H groups in total. The number of aromatic nitrogens is 2. The maximum atomic E-state index is 12.9. The molecule has 4 rings (SSSR count). The zero-order valence-electron chi connectivity index (χ0n) is 17.9. The van der Waals surface area contributed by atoms with Crippen molar-refractivity contribution < 1.29 is 9.53 Å². The number of para-hydroxylation sites is 1. The van der Waals surface area contributed by atoms with Gasteiger partial charge < -0.3 is 4.74 Å². The molecule has 32 heavy (non-hydrogen) atoms. The Labute approximate surface area is 202 Å². The number of amides is 1. The van der Waals surface area contributed by atoms with Crippen molar-refractivity contribution in [3.8, 4) is 22.7 Å². The van der Waals surface area contributed by atoms with Crippen LogP contribution < -0.4 is 4.74 Å². The lowest BCUT2D eigenvalue weighted by Crippen LogP contribution is -2.34. The number of hydrogen-bond donors (Lipinski definition) is 0. The van der Waals surface area contributed by atoms with Gasteiger partial charge in [-0.15, -0.1) is 0 Å². The van der Waals surface area contributed by atoms with Gasteiger partial charge in [-0.3, -0.25) is 9.69 Å². The van der Waals surface area contributed by atoms with Crippen LogP contribution in [0.4, 0.5) is 0 Å². The van der Waals surface area contributed by atoms with Crippen molar-refractivity contribution >= 4 is 51.9 Å². The van der Waals surface area contributed by atoms with Crippen LogP contribution in [0.15, 0.2) is 59.6 Å². The zero-order valence-corrected chi connectivity index (χ0v) is 20.3. The number of thiocarbonyl (C=S) groups is 1. The van der Waals surface area contributed by atoms with Gasteiger partial charge >= 0.3 is 0 Å². The fourth-order valence-corrected chi connectivity index (χ4v) is 5.17. The van der Waals surface area contributed by atoms with Gasteiger partial charge in [-0.1, -0.05) is 53.8 Å². The van der Waals surface area contributed by atoms with E-state index in [1.165, 1.54) is 11.8 Å². The van der Waals surface area contributed by atoms with E-state index in [1.54, 1.807) is 9.58 Å². The summed E-state index contributed by atoms with van der Waals surface area (Å²) < 4.78 is 7.93. The summed E-state index contributed by atoms with van der Waals surface area (Å²) in [6, 6.07) is 15.4. The highest BCUT2D eigenvalue weighted by Gasteiger charge is 2.34. The summed E-state index contributed by atoms with van der Waals surface area (Å²) in [4.78, 5) is 15.2. The van der Waals surface area contributed by atoms with Crippen LogP contribution in [0.1, 0.15) is 26.3 Å². The molecule has 1 saturated heterocycles. The first-order chi connectivity index (χ1) is 15.4. The predicted octanol–water partition coefficient (Wildman–Crippen LogP) is 6.20. The summed E-state index contributed by atoms with van der Waals surface area (Å²) in [7, 11) is 0. The van der Waals surface area contributed by atoms with Crippen molar-refractivity contribution in [3.05, 3.63) is 70.2 Å². The maximum Gasteiger partial charge on any atom is 0.266 e. The van der Waals surface area contributed by atoms with Crippen molar-refractivity contribution in [3.63, 3.8) is 0 Å². The van der Waals surface area contributed by atoms with E-state index in [1.807, 2.05) is 81.6 Å². The third kappa shape index (κ3) is 4.46. The van der Waals surface area contributed by atoms with Gasteiger partial charge in [0.05, 0.1) is 22.2 Å². The number of nitrogens with zero attached hydrogens (tertiary/aromatic N) is 3. The summed E-state index contributed by atoms with van der Waals surface area (Å²) in [5.74, 6) is 0.540. The molecule has 1 aliphatic heterocycles. The topological polar surface area (TPSA) is 47.4 Å². The number of ether oxygens (including phenoxy) is 1. The average molecular weight is 484 g/mol. The van der Waals surface area contributed by atoms with Gasteiger partial charge in [0.1, 0.15) is 15.8 Å². The molecule has 2 heterocycles. The molecule has 1 aliphatic rings. The molecule has 164 valence electrons. The lowest BCUT2D eigenvalue weighted by atomic mass is 10.1. The van der Waals surface area contributed by atoms with E-state index in [9.17, 15) is 4.79 Å². The minimum Gasteiger partial charge on any atom is -0.492 e. The molecular weight excluding hydrogens is 462 g/mol. The Morgan fingerprint density at radius 3 is 2.59 bits per heavy atom. The molecule has 0 saturated carbocycles. The number of carbonyl (C=O) groups is 1. The Bertz CT molecular complexity index is 1210. The van der Waals surface area contributed by atoms with E-state index in [0.717, 1.165) is 16.8 Å². The second-order valence-electron chi connectivity index (χ2n) is 7.44. The Morgan fingerprint density at radius 2 is 1.97 bits per heavy atom. The van der Waals surface area contributed by atoms with Crippen LogP contribution in [0.2, 0.25) is 5.02 Å². The smallest absolute Gasteiger partial charge is 0.266 e. The highest BCUT2D eigenvalue weighted by atomic mass is 35.5. The Kier molecular flexibility index (Phi) is 6.69. The van der Waals surface area contributed by atoms with Crippen LogP contribution in [0, 0.1) is 0 Å². The first kappa shape index (κ1) is 22.6. The monoisotopic (exact) mass is 483 g/mol. The van der Waals surface area contributed by atoms with E-state index >= 15 is 0 Å². The fourth-order valence-electron chi connectivity index (χ4n) is 3.42. The van der Waals surface area contributed by atoms with Gasteiger partial charge in [-0.25, -0.2) is 4.68 Å². The number of thioether (sulfide) groups is 1. The minimum absolute atomic E-state index is 0.00447. The number of halogens is 1. The van der Waals surface area contributed by atoms with Crippen molar-refractivity contribution in [2.45, 2.75) is 26.8 Å². The summed E-state index contributed by atoms with van der Waals surface area (Å²) in [5, 5.41) is 5.32. The third-order valence-corrected chi connectivity index (χ3v) is 6.52. The molecular formula is C24H22ClN3O2S2. The lowest BCUT2D eigenvalue weighted by molar-refractivity contribution is -0.123. The first-order valence-corrected chi connectivity index (χ1v) is 11.8. The zero-order chi connectivity index (χ0) is 22.8. The molecule has 0 radical (unpaired) electrons. The number of benzene rings is 2. The van der Waals surface area contributed by atoms with E-state index < -0.39 is 0 Å². The molecule has 0 atom stereocenters. The molecule has 1 aromatic heterocycles. The molecule has 1 amide bonds. The van der Waals surface area contributed by atoms with Gasteiger partial charge in [0.2, 0.25) is 0 Å². The standard InChI is InChI=1S/C24H22ClN3O2S2/c1-4-30-20-11-10-16(12-19(20)25)22-17(14-27(26-22)18-8-6-5-7-9-18)13-21-23(29)28(15(2)3)24(31)32-21/h5-15H,4H2,1-3H3/b21-13-. The van der Waals surface area contributed by atoms with E-state index in [-0.39, 0.29) is 11.9 Å². The maximum absolute atomic E-state index is 12.9. The second kappa shape index (κ2) is 9.48. The van der Waals surface area contributed by atoms with Crippen molar-refractivity contribution in [1.29, 1.82) is 0 Å². The molecule has 8 heteroatoms. The molecule has 3 aromatic rings. The first-order valence-electron chi connectivity index (χ1n) is 10.2. The molecule has 0 unspecified atom stereocenters. The van der Waals surface area contributed by atoms with Crippen LogP contribution in [0.25, 0.3) is 23.0 Å². The third-order valence-electron chi connectivity index (χ3n) is 4.89. The Hall–Kier alpha value is -2.61. The van der Waals surface area contributed by atoms with Crippen LogP contribution in [0.5, 0.6) is 5.75 Å². The Morgan fingerprint density at radius 1 is 1.22 bits per heavy atom. The lowest BCUT2D eigenvalue weighted by Gasteiger charge is -2.18. The van der Waals surface area contributed by atoms with Crippen molar-refractivity contribution in [2.75, 3.05) is 6.61 Å². The van der Waals surface area contributed by atoms with Crippen molar-refractivity contribution in [1.82, 2.24) is 14.7 Å². The SMILES string of the molecule is CCOc1ccc(-c2nn(-c3ccccc3)cc2/C=C2\SC(=S)N(C(C)C)C2=O)cc1Cl. The minimum atomic E-state index is -0.0851. The summed E-state index contributed by atoms with van der Waals surface area (Å²) >= 11 is 13.2. The van der Waals surface area contributed by atoms with Gasteiger partial charge in [0, 0.05) is 23.4 Å². The summed E-state index contributed by atoms with van der Waals surface area (Å²) in [6.07, 6.45) is 3.77.